The second-order valence-corrected chi connectivity index (χ2v) is 2.65. The quantitative estimate of drug-likeness (QED) is 0.489. The molecule has 0 aliphatic carbocycles. The molecule has 1 fully saturated rings. The van der Waals surface area contributed by atoms with Crippen LogP contribution >= 0.6 is 0 Å². The zero-order chi connectivity index (χ0) is 6.69. The second-order valence-electron chi connectivity index (χ2n) is 2.65. The summed E-state index contributed by atoms with van der Waals surface area (Å²) in [6, 6.07) is 0. The van der Waals surface area contributed by atoms with Gasteiger partial charge in [0.05, 0.1) is 12.2 Å². The highest BCUT2D eigenvalue weighted by Crippen LogP contribution is 2.18. The Morgan fingerprint density at radius 2 is 2.33 bits per heavy atom. The summed E-state index contributed by atoms with van der Waals surface area (Å²) < 4.78 is 5.52. The first-order chi connectivity index (χ1) is 4.33. The minimum absolute atomic E-state index is 0.328. The summed E-state index contributed by atoms with van der Waals surface area (Å²) in [6.07, 6.45) is 6.33. The van der Waals surface area contributed by atoms with Crippen molar-refractivity contribution in [3.05, 3.63) is 12.7 Å². The van der Waals surface area contributed by atoms with Gasteiger partial charge in [0.15, 0.2) is 0 Å². The van der Waals surface area contributed by atoms with E-state index in [-0.39, 0.29) is 0 Å². The van der Waals surface area contributed by atoms with E-state index in [4.69, 9.17) is 4.74 Å². The van der Waals surface area contributed by atoms with Gasteiger partial charge in [-0.2, -0.15) is 0 Å². The summed E-state index contributed by atoms with van der Waals surface area (Å²) in [5.41, 5.74) is 0. The Morgan fingerprint density at radius 3 is 2.78 bits per heavy atom. The average molecular weight is 126 g/mol. The molecule has 1 aliphatic rings. The summed E-state index contributed by atoms with van der Waals surface area (Å²) in [7, 11) is 0. The lowest BCUT2D eigenvalue weighted by atomic mass is 10.1. The first-order valence-electron chi connectivity index (χ1n) is 3.61. The maximum absolute atomic E-state index is 5.52. The summed E-state index contributed by atoms with van der Waals surface area (Å²) >= 11 is 0. The van der Waals surface area contributed by atoms with Crippen LogP contribution in [0, 0.1) is 0 Å². The smallest absolute Gasteiger partial charge is 0.0756 e. The van der Waals surface area contributed by atoms with Gasteiger partial charge < -0.3 is 4.74 Å². The van der Waals surface area contributed by atoms with Gasteiger partial charge >= 0.3 is 0 Å². The van der Waals surface area contributed by atoms with Gasteiger partial charge in [0, 0.05) is 0 Å². The van der Waals surface area contributed by atoms with Crippen LogP contribution in [0.3, 0.4) is 0 Å². The van der Waals surface area contributed by atoms with Crippen molar-refractivity contribution in [3.63, 3.8) is 0 Å². The second kappa shape index (κ2) is 3.02. The molecule has 1 saturated heterocycles. The third-order valence-corrected chi connectivity index (χ3v) is 1.77. The monoisotopic (exact) mass is 126 g/mol. The number of hydrogen-bond acceptors (Lipinski definition) is 1. The van der Waals surface area contributed by atoms with Crippen molar-refractivity contribution in [2.75, 3.05) is 0 Å². The molecule has 1 rings (SSSR count). The van der Waals surface area contributed by atoms with E-state index in [1.165, 1.54) is 12.8 Å². The molecule has 0 bridgehead atoms. The van der Waals surface area contributed by atoms with E-state index in [9.17, 15) is 0 Å². The zero-order valence-corrected chi connectivity index (χ0v) is 5.97. The van der Waals surface area contributed by atoms with Crippen LogP contribution < -0.4 is 0 Å². The van der Waals surface area contributed by atoms with Gasteiger partial charge in [-0.1, -0.05) is 6.08 Å². The summed E-state index contributed by atoms with van der Waals surface area (Å²) in [6.45, 7) is 5.81. The van der Waals surface area contributed by atoms with Gasteiger partial charge in [-0.25, -0.2) is 0 Å². The van der Waals surface area contributed by atoms with E-state index < -0.39 is 0 Å². The Bertz CT molecular complexity index is 98.7. The van der Waals surface area contributed by atoms with Crippen molar-refractivity contribution >= 4 is 0 Å². The van der Waals surface area contributed by atoms with E-state index >= 15 is 0 Å². The minimum Gasteiger partial charge on any atom is -0.371 e. The Balaban J connectivity index is 2.31. The number of rotatable bonds is 1. The van der Waals surface area contributed by atoms with E-state index in [1.807, 2.05) is 6.08 Å². The molecule has 1 heteroatoms. The van der Waals surface area contributed by atoms with E-state index in [1.54, 1.807) is 0 Å². The highest BCUT2D eigenvalue weighted by atomic mass is 16.5. The van der Waals surface area contributed by atoms with Gasteiger partial charge in [0.25, 0.3) is 0 Å². The SMILES string of the molecule is C=C[C@@H]1CCC[C@@H](C)O1. The molecular weight excluding hydrogens is 112 g/mol. The van der Waals surface area contributed by atoms with Gasteiger partial charge in [-0.05, 0) is 26.2 Å². The molecular formula is C8H14O. The largest absolute Gasteiger partial charge is 0.371 e. The van der Waals surface area contributed by atoms with Crippen LogP contribution in [-0.2, 0) is 4.74 Å². The van der Waals surface area contributed by atoms with Crippen molar-refractivity contribution in [2.24, 2.45) is 0 Å². The zero-order valence-electron chi connectivity index (χ0n) is 5.97. The van der Waals surface area contributed by atoms with Crippen molar-refractivity contribution in [1.82, 2.24) is 0 Å². The van der Waals surface area contributed by atoms with Crippen LogP contribution in [0.2, 0.25) is 0 Å². The molecule has 9 heavy (non-hydrogen) atoms. The molecule has 0 aromatic carbocycles. The molecule has 0 N–H and O–H groups in total. The molecule has 52 valence electrons. The van der Waals surface area contributed by atoms with Crippen molar-refractivity contribution in [1.29, 1.82) is 0 Å². The molecule has 0 spiro atoms. The fourth-order valence-electron chi connectivity index (χ4n) is 1.21. The third-order valence-electron chi connectivity index (χ3n) is 1.77. The van der Waals surface area contributed by atoms with Crippen LogP contribution in [-0.4, -0.2) is 12.2 Å². The maximum Gasteiger partial charge on any atom is 0.0756 e. The van der Waals surface area contributed by atoms with Crippen LogP contribution in [0.15, 0.2) is 12.7 Å². The highest BCUT2D eigenvalue weighted by Gasteiger charge is 2.15. The molecule has 1 heterocycles. The van der Waals surface area contributed by atoms with Crippen LogP contribution in [0.1, 0.15) is 26.2 Å². The molecule has 0 unspecified atom stereocenters. The van der Waals surface area contributed by atoms with Crippen molar-refractivity contribution in [2.45, 2.75) is 38.4 Å². The average Bonchev–Trinajstić information content (AvgIpc) is 1.88. The lowest BCUT2D eigenvalue weighted by molar-refractivity contribution is -0.0139. The lowest BCUT2D eigenvalue weighted by Crippen LogP contribution is -2.23. The first-order valence-corrected chi connectivity index (χ1v) is 3.61. The van der Waals surface area contributed by atoms with Crippen LogP contribution in [0.25, 0.3) is 0 Å². The van der Waals surface area contributed by atoms with Gasteiger partial charge in [0.1, 0.15) is 0 Å². The first kappa shape index (κ1) is 6.81. The molecule has 0 amide bonds. The van der Waals surface area contributed by atoms with Crippen molar-refractivity contribution in [3.8, 4) is 0 Å². The standard InChI is InChI=1S/C8H14O/c1-3-8-6-4-5-7(2)9-8/h3,7-8H,1,4-6H2,2H3/t7-,8-/m1/s1. The predicted octanol–water partition coefficient (Wildman–Crippen LogP) is 2.13. The van der Waals surface area contributed by atoms with Crippen LogP contribution in [0.4, 0.5) is 0 Å². The van der Waals surface area contributed by atoms with E-state index in [2.05, 4.69) is 13.5 Å². The Kier molecular flexibility index (Phi) is 2.29. The minimum atomic E-state index is 0.328. The highest BCUT2D eigenvalue weighted by molar-refractivity contribution is 4.83. The summed E-state index contributed by atoms with van der Waals surface area (Å²) in [5.74, 6) is 0. The number of hydrogen-bond donors (Lipinski definition) is 0. The van der Waals surface area contributed by atoms with E-state index in [0.29, 0.717) is 12.2 Å². The van der Waals surface area contributed by atoms with Crippen LogP contribution in [0.5, 0.6) is 0 Å². The fourth-order valence-corrected chi connectivity index (χ4v) is 1.21. The Morgan fingerprint density at radius 1 is 1.56 bits per heavy atom. The van der Waals surface area contributed by atoms with Gasteiger partial charge in [-0.15, -0.1) is 6.58 Å². The Hall–Kier alpha value is -0.300. The summed E-state index contributed by atoms with van der Waals surface area (Å²) in [5, 5.41) is 0. The topological polar surface area (TPSA) is 9.23 Å². The third kappa shape index (κ3) is 1.83. The molecule has 1 nitrogen and oxygen atoms in total. The molecule has 0 saturated carbocycles. The maximum atomic E-state index is 5.52. The lowest BCUT2D eigenvalue weighted by Gasteiger charge is -2.25. The van der Waals surface area contributed by atoms with Crippen molar-refractivity contribution < 1.29 is 4.74 Å². The molecule has 0 radical (unpaired) electrons. The normalized spacial score (nSPS) is 36.1. The molecule has 1 aliphatic heterocycles. The molecule has 0 aromatic rings. The molecule has 0 aromatic heterocycles. The molecule has 2 atom stereocenters. The van der Waals surface area contributed by atoms with E-state index in [0.717, 1.165) is 6.42 Å². The number of ether oxygens (including phenoxy) is 1. The van der Waals surface area contributed by atoms with Gasteiger partial charge in [-0.3, -0.25) is 0 Å². The fraction of sp³-hybridized carbons (Fsp3) is 0.750. The van der Waals surface area contributed by atoms with Gasteiger partial charge in [0.2, 0.25) is 0 Å². The Labute approximate surface area is 56.7 Å². The summed E-state index contributed by atoms with van der Waals surface area (Å²) in [4.78, 5) is 0. The predicted molar refractivity (Wildman–Crippen MR) is 38.4 cm³/mol.